The van der Waals surface area contributed by atoms with Gasteiger partial charge in [-0.15, -0.1) is 6.58 Å². The van der Waals surface area contributed by atoms with E-state index in [0.717, 1.165) is 0 Å². The van der Waals surface area contributed by atoms with Gasteiger partial charge in [-0.25, -0.2) is 8.42 Å². The van der Waals surface area contributed by atoms with E-state index in [1.54, 1.807) is 36.4 Å². The van der Waals surface area contributed by atoms with Crippen LogP contribution in [0.5, 0.6) is 0 Å². The third-order valence-corrected chi connectivity index (χ3v) is 6.09. The standard InChI is InChI=1S/C16H18N2O4S/c1-2-12-10-16(12,15(20)18-23(21,22)13-8-9-13)17-14(19)11-6-4-3-5-7-11/h2-7,12-13H,1,8-10H2,(H,17,19)(H,18,20)/t12-,16-/m1/s1. The second-order valence-corrected chi connectivity index (χ2v) is 7.97. The maximum atomic E-state index is 12.5. The van der Waals surface area contributed by atoms with Gasteiger partial charge >= 0.3 is 0 Å². The number of hydrogen-bond acceptors (Lipinski definition) is 4. The van der Waals surface area contributed by atoms with E-state index in [4.69, 9.17) is 0 Å². The van der Waals surface area contributed by atoms with Crippen molar-refractivity contribution >= 4 is 21.8 Å². The van der Waals surface area contributed by atoms with Gasteiger partial charge in [-0.1, -0.05) is 24.3 Å². The summed E-state index contributed by atoms with van der Waals surface area (Å²) in [5, 5.41) is 2.19. The summed E-state index contributed by atoms with van der Waals surface area (Å²) in [6, 6.07) is 8.49. The Hall–Kier alpha value is -2.15. The van der Waals surface area contributed by atoms with Gasteiger partial charge in [0.25, 0.3) is 11.8 Å². The summed E-state index contributed by atoms with van der Waals surface area (Å²) in [5.41, 5.74) is -0.809. The second kappa shape index (κ2) is 5.49. The molecule has 0 saturated heterocycles. The molecule has 0 aliphatic heterocycles. The fourth-order valence-electron chi connectivity index (χ4n) is 2.58. The van der Waals surface area contributed by atoms with Crippen LogP contribution in [0.25, 0.3) is 0 Å². The first-order chi connectivity index (χ1) is 10.9. The Morgan fingerprint density at radius 1 is 1.22 bits per heavy atom. The number of benzene rings is 1. The van der Waals surface area contributed by atoms with Gasteiger partial charge in [-0.3, -0.25) is 14.3 Å². The van der Waals surface area contributed by atoms with Crippen molar-refractivity contribution < 1.29 is 18.0 Å². The molecule has 0 aromatic heterocycles. The molecule has 6 nitrogen and oxygen atoms in total. The number of carbonyl (C=O) groups is 2. The van der Waals surface area contributed by atoms with Crippen molar-refractivity contribution in [1.29, 1.82) is 0 Å². The molecule has 23 heavy (non-hydrogen) atoms. The van der Waals surface area contributed by atoms with Gasteiger partial charge in [0.15, 0.2) is 0 Å². The Bertz CT molecular complexity index is 756. The Labute approximate surface area is 135 Å². The maximum absolute atomic E-state index is 12.5. The highest BCUT2D eigenvalue weighted by molar-refractivity contribution is 7.90. The van der Waals surface area contributed by atoms with Gasteiger partial charge < -0.3 is 5.32 Å². The summed E-state index contributed by atoms with van der Waals surface area (Å²) in [5.74, 6) is -1.36. The van der Waals surface area contributed by atoms with Crippen molar-refractivity contribution in [2.24, 2.45) is 5.92 Å². The Morgan fingerprint density at radius 3 is 2.39 bits per heavy atom. The van der Waals surface area contributed by atoms with Crippen LogP contribution in [-0.2, 0) is 14.8 Å². The molecule has 2 aliphatic carbocycles. The van der Waals surface area contributed by atoms with E-state index in [1.807, 2.05) is 0 Å². The Kier molecular flexibility index (Phi) is 3.75. The zero-order chi connectivity index (χ0) is 16.7. The quantitative estimate of drug-likeness (QED) is 0.758. The van der Waals surface area contributed by atoms with Crippen molar-refractivity contribution in [3.05, 3.63) is 48.6 Å². The first-order valence-electron chi connectivity index (χ1n) is 7.45. The molecular weight excluding hydrogens is 316 g/mol. The topological polar surface area (TPSA) is 92.3 Å². The number of rotatable bonds is 6. The maximum Gasteiger partial charge on any atom is 0.259 e. The number of nitrogens with one attached hydrogen (secondary N) is 2. The predicted octanol–water partition coefficient (Wildman–Crippen LogP) is 0.970. The van der Waals surface area contributed by atoms with Crippen LogP contribution < -0.4 is 10.0 Å². The SMILES string of the molecule is C=C[C@@H]1C[C@]1(NC(=O)c1ccccc1)C(=O)NS(=O)(=O)C1CC1. The van der Waals surface area contributed by atoms with E-state index < -0.39 is 32.6 Å². The van der Waals surface area contributed by atoms with Crippen LogP contribution in [-0.4, -0.2) is 31.0 Å². The molecule has 0 spiro atoms. The minimum Gasteiger partial charge on any atom is -0.337 e. The molecule has 1 aromatic carbocycles. The summed E-state index contributed by atoms with van der Waals surface area (Å²) >= 11 is 0. The smallest absolute Gasteiger partial charge is 0.259 e. The highest BCUT2D eigenvalue weighted by atomic mass is 32.2. The summed E-state index contributed by atoms with van der Waals surface area (Å²) in [4.78, 5) is 24.8. The average molecular weight is 334 g/mol. The highest BCUT2D eigenvalue weighted by Crippen LogP contribution is 2.45. The molecule has 3 rings (SSSR count). The molecule has 2 N–H and O–H groups in total. The summed E-state index contributed by atoms with van der Waals surface area (Å²) in [7, 11) is -3.65. The average Bonchev–Trinajstić information content (AvgIpc) is 3.41. The first kappa shape index (κ1) is 15.7. The van der Waals surface area contributed by atoms with E-state index in [1.165, 1.54) is 0 Å². The molecular formula is C16H18N2O4S. The van der Waals surface area contributed by atoms with Crippen molar-refractivity contribution in [2.45, 2.75) is 30.1 Å². The van der Waals surface area contributed by atoms with Crippen molar-refractivity contribution in [3.8, 4) is 0 Å². The molecule has 2 atom stereocenters. The number of amides is 2. The van der Waals surface area contributed by atoms with Gasteiger partial charge in [0, 0.05) is 11.5 Å². The molecule has 1 aromatic rings. The molecule has 2 amide bonds. The van der Waals surface area contributed by atoms with E-state index in [-0.39, 0.29) is 5.92 Å². The fourth-order valence-corrected chi connectivity index (χ4v) is 3.94. The lowest BCUT2D eigenvalue weighted by molar-refractivity contribution is -0.122. The summed E-state index contributed by atoms with van der Waals surface area (Å²) in [6.07, 6.45) is 3.05. The van der Waals surface area contributed by atoms with E-state index in [9.17, 15) is 18.0 Å². The van der Waals surface area contributed by atoms with Crippen molar-refractivity contribution in [3.63, 3.8) is 0 Å². The molecule has 2 fully saturated rings. The van der Waals surface area contributed by atoms with E-state index >= 15 is 0 Å². The normalized spacial score (nSPS) is 26.2. The lowest BCUT2D eigenvalue weighted by atomic mass is 10.1. The van der Waals surface area contributed by atoms with E-state index in [0.29, 0.717) is 24.8 Å². The van der Waals surface area contributed by atoms with Gasteiger partial charge in [0.1, 0.15) is 5.54 Å². The predicted molar refractivity (Wildman–Crippen MR) is 85.0 cm³/mol. The Balaban J connectivity index is 1.76. The zero-order valence-electron chi connectivity index (χ0n) is 12.5. The van der Waals surface area contributed by atoms with Crippen LogP contribution in [0.4, 0.5) is 0 Å². The van der Waals surface area contributed by atoms with Crippen LogP contribution in [0, 0.1) is 5.92 Å². The van der Waals surface area contributed by atoms with Gasteiger partial charge in [0.05, 0.1) is 5.25 Å². The molecule has 2 saturated carbocycles. The molecule has 0 heterocycles. The molecule has 122 valence electrons. The van der Waals surface area contributed by atoms with Crippen LogP contribution in [0.15, 0.2) is 43.0 Å². The number of carbonyl (C=O) groups excluding carboxylic acids is 2. The third-order valence-electron chi connectivity index (χ3n) is 4.28. The largest absolute Gasteiger partial charge is 0.337 e. The zero-order valence-corrected chi connectivity index (χ0v) is 13.3. The van der Waals surface area contributed by atoms with Gasteiger partial charge in [0.2, 0.25) is 10.0 Å². The van der Waals surface area contributed by atoms with Gasteiger partial charge in [-0.2, -0.15) is 0 Å². The second-order valence-electron chi connectivity index (χ2n) is 6.01. The lowest BCUT2D eigenvalue weighted by Crippen LogP contribution is -2.52. The lowest BCUT2D eigenvalue weighted by Gasteiger charge is -2.18. The first-order valence-corrected chi connectivity index (χ1v) is 9.00. The van der Waals surface area contributed by atoms with Crippen LogP contribution >= 0.6 is 0 Å². The van der Waals surface area contributed by atoms with Crippen LogP contribution in [0.3, 0.4) is 0 Å². The number of hydrogen-bond donors (Lipinski definition) is 2. The summed E-state index contributed by atoms with van der Waals surface area (Å²) in [6.45, 7) is 3.64. The minimum atomic E-state index is -3.65. The van der Waals surface area contributed by atoms with Crippen LogP contribution in [0.2, 0.25) is 0 Å². The molecule has 0 radical (unpaired) electrons. The monoisotopic (exact) mass is 334 g/mol. The summed E-state index contributed by atoms with van der Waals surface area (Å²) < 4.78 is 26.0. The van der Waals surface area contributed by atoms with Crippen molar-refractivity contribution in [2.75, 3.05) is 0 Å². The molecule has 7 heteroatoms. The highest BCUT2D eigenvalue weighted by Gasteiger charge is 2.61. The van der Waals surface area contributed by atoms with Gasteiger partial charge in [-0.05, 0) is 31.4 Å². The minimum absolute atomic E-state index is 0.274. The third kappa shape index (κ3) is 3.01. The number of sulfonamides is 1. The fraction of sp³-hybridized carbons (Fsp3) is 0.375. The molecule has 0 unspecified atom stereocenters. The Morgan fingerprint density at radius 2 is 1.87 bits per heavy atom. The van der Waals surface area contributed by atoms with Crippen molar-refractivity contribution in [1.82, 2.24) is 10.0 Å². The molecule has 0 bridgehead atoms. The molecule has 2 aliphatic rings. The van der Waals surface area contributed by atoms with Crippen LogP contribution in [0.1, 0.15) is 29.6 Å². The van der Waals surface area contributed by atoms with E-state index in [2.05, 4.69) is 16.6 Å².